The van der Waals surface area contributed by atoms with Crippen LogP contribution in [0.5, 0.6) is 0 Å². The second-order valence-electron chi connectivity index (χ2n) is 7.28. The van der Waals surface area contributed by atoms with Crippen molar-refractivity contribution >= 4 is 28.9 Å². The highest BCUT2D eigenvalue weighted by Crippen LogP contribution is 2.46. The van der Waals surface area contributed by atoms with Gasteiger partial charge in [0.2, 0.25) is 5.91 Å². The summed E-state index contributed by atoms with van der Waals surface area (Å²) < 4.78 is 0. The first kappa shape index (κ1) is 17.9. The lowest BCUT2D eigenvalue weighted by Gasteiger charge is -2.50. The monoisotopic (exact) mass is 386 g/mol. The zero-order chi connectivity index (χ0) is 19.0. The van der Waals surface area contributed by atoms with E-state index in [4.69, 9.17) is 5.11 Å². The maximum atomic E-state index is 12.6. The quantitative estimate of drug-likeness (QED) is 0.819. The van der Waals surface area contributed by atoms with E-state index in [-0.39, 0.29) is 17.5 Å². The number of aromatic carboxylic acids is 1. The van der Waals surface area contributed by atoms with Crippen molar-refractivity contribution in [1.82, 2.24) is 15.3 Å². The number of aryl methyl sites for hydroxylation is 1. The van der Waals surface area contributed by atoms with Crippen molar-refractivity contribution in [2.45, 2.75) is 26.3 Å². The van der Waals surface area contributed by atoms with E-state index in [0.717, 1.165) is 42.3 Å². The van der Waals surface area contributed by atoms with E-state index in [1.165, 1.54) is 6.20 Å². The summed E-state index contributed by atoms with van der Waals surface area (Å²) >= 11 is 1.59. The van der Waals surface area contributed by atoms with Crippen LogP contribution in [0.1, 0.15) is 34.0 Å². The number of hydrogen-bond acceptors (Lipinski definition) is 6. The van der Waals surface area contributed by atoms with Gasteiger partial charge in [0, 0.05) is 36.3 Å². The standard InChI is InChI=1S/C19H22N4O3S/c1-11-22-13(10-27-11)8-21-18(24)15-6-12-3-5-23(9-16(12)15)14-2-4-20-17(7-14)19(25)26/h2,4,7,10,12,15-16H,3,5-6,8-9H2,1H3,(H,21,24)(H,25,26)/t12-,15-,16-/m1/s1. The van der Waals surface area contributed by atoms with Crippen LogP contribution in [0.3, 0.4) is 0 Å². The van der Waals surface area contributed by atoms with Gasteiger partial charge in [0.05, 0.1) is 17.2 Å². The van der Waals surface area contributed by atoms with E-state index in [1.54, 1.807) is 17.4 Å². The van der Waals surface area contributed by atoms with Crippen LogP contribution >= 0.6 is 11.3 Å². The summed E-state index contributed by atoms with van der Waals surface area (Å²) in [6, 6.07) is 3.45. The SMILES string of the molecule is Cc1nc(CNC(=O)[C@@H]2C[C@H]3CCN(c4ccnc(C(=O)O)c4)C[C@H]32)cs1. The molecule has 0 aromatic carbocycles. The van der Waals surface area contributed by atoms with Crippen molar-refractivity contribution in [3.63, 3.8) is 0 Å². The number of hydrogen-bond donors (Lipinski definition) is 2. The van der Waals surface area contributed by atoms with Crippen molar-refractivity contribution in [3.05, 3.63) is 40.1 Å². The van der Waals surface area contributed by atoms with Gasteiger partial charge in [-0.05, 0) is 43.7 Å². The van der Waals surface area contributed by atoms with E-state index in [2.05, 4.69) is 20.2 Å². The summed E-state index contributed by atoms with van der Waals surface area (Å²) in [6.45, 7) is 4.10. The Morgan fingerprint density at radius 3 is 3.04 bits per heavy atom. The van der Waals surface area contributed by atoms with Gasteiger partial charge in [0.25, 0.3) is 0 Å². The van der Waals surface area contributed by atoms with Crippen molar-refractivity contribution < 1.29 is 14.7 Å². The van der Waals surface area contributed by atoms with Gasteiger partial charge in [0.1, 0.15) is 5.69 Å². The van der Waals surface area contributed by atoms with Crippen molar-refractivity contribution in [1.29, 1.82) is 0 Å². The molecule has 2 aliphatic rings. The molecule has 2 aromatic heterocycles. The van der Waals surface area contributed by atoms with Gasteiger partial charge in [-0.2, -0.15) is 0 Å². The number of carboxylic acid groups (broad SMARTS) is 1. The van der Waals surface area contributed by atoms with Crippen LogP contribution in [0.15, 0.2) is 23.7 Å². The summed E-state index contributed by atoms with van der Waals surface area (Å²) in [5.74, 6) is 0.00425. The number of carboxylic acids is 1. The third kappa shape index (κ3) is 3.66. The summed E-state index contributed by atoms with van der Waals surface area (Å²) in [5, 5.41) is 15.1. The van der Waals surface area contributed by atoms with Crippen LogP contribution < -0.4 is 10.2 Å². The lowest BCUT2D eigenvalue weighted by molar-refractivity contribution is -0.134. The molecule has 1 amide bonds. The number of anilines is 1. The molecular formula is C19H22N4O3S. The molecule has 1 aliphatic heterocycles. The number of fused-ring (bicyclic) bond motifs is 1. The zero-order valence-corrected chi connectivity index (χ0v) is 15.9. The van der Waals surface area contributed by atoms with Gasteiger partial charge >= 0.3 is 5.97 Å². The molecule has 27 heavy (non-hydrogen) atoms. The molecule has 2 fully saturated rings. The Kier molecular flexibility index (Phi) is 4.82. The summed E-state index contributed by atoms with van der Waals surface area (Å²) in [4.78, 5) is 34.2. The largest absolute Gasteiger partial charge is 0.477 e. The molecule has 142 valence electrons. The predicted octanol–water partition coefficient (Wildman–Crippen LogP) is 2.32. The second kappa shape index (κ2) is 7.26. The first-order chi connectivity index (χ1) is 13.0. The third-order valence-electron chi connectivity index (χ3n) is 5.65. The molecule has 0 radical (unpaired) electrons. The Morgan fingerprint density at radius 2 is 2.30 bits per heavy atom. The molecule has 2 N–H and O–H groups in total. The topological polar surface area (TPSA) is 95.4 Å². The number of piperidine rings is 1. The Morgan fingerprint density at radius 1 is 1.44 bits per heavy atom. The maximum Gasteiger partial charge on any atom is 0.354 e. The minimum Gasteiger partial charge on any atom is -0.477 e. The molecule has 0 spiro atoms. The van der Waals surface area contributed by atoms with Crippen LogP contribution in [0.25, 0.3) is 0 Å². The molecule has 0 bridgehead atoms. The van der Waals surface area contributed by atoms with E-state index < -0.39 is 5.97 Å². The molecule has 7 nitrogen and oxygen atoms in total. The Bertz CT molecular complexity index is 868. The first-order valence-corrected chi connectivity index (χ1v) is 10.0. The van der Waals surface area contributed by atoms with Crippen LogP contribution in [0, 0.1) is 24.7 Å². The van der Waals surface area contributed by atoms with Gasteiger partial charge in [-0.25, -0.2) is 14.8 Å². The summed E-state index contributed by atoms with van der Waals surface area (Å²) in [7, 11) is 0. The van der Waals surface area contributed by atoms with Gasteiger partial charge in [-0.3, -0.25) is 4.79 Å². The molecule has 0 unspecified atom stereocenters. The molecule has 3 atom stereocenters. The third-order valence-corrected chi connectivity index (χ3v) is 6.48. The fourth-order valence-electron chi connectivity index (χ4n) is 4.15. The normalized spacial score (nSPS) is 24.0. The number of aromatic nitrogens is 2. The van der Waals surface area contributed by atoms with E-state index in [1.807, 2.05) is 18.4 Å². The number of carbonyl (C=O) groups excluding carboxylic acids is 1. The predicted molar refractivity (Wildman–Crippen MR) is 102 cm³/mol. The van der Waals surface area contributed by atoms with Crippen molar-refractivity contribution in [3.8, 4) is 0 Å². The zero-order valence-electron chi connectivity index (χ0n) is 15.1. The fraction of sp³-hybridized carbons (Fsp3) is 0.474. The highest BCUT2D eigenvalue weighted by molar-refractivity contribution is 7.09. The van der Waals surface area contributed by atoms with Crippen LogP contribution in [-0.2, 0) is 11.3 Å². The molecule has 1 saturated heterocycles. The number of rotatable bonds is 5. The van der Waals surface area contributed by atoms with Crippen LogP contribution in [-0.4, -0.2) is 40.0 Å². The number of nitrogens with zero attached hydrogens (tertiary/aromatic N) is 3. The molecular weight excluding hydrogens is 364 g/mol. The second-order valence-corrected chi connectivity index (χ2v) is 8.34. The Hall–Kier alpha value is -2.48. The van der Waals surface area contributed by atoms with Crippen LogP contribution in [0.2, 0.25) is 0 Å². The molecule has 8 heteroatoms. The molecule has 1 saturated carbocycles. The highest BCUT2D eigenvalue weighted by atomic mass is 32.1. The average Bonchev–Trinajstić information content (AvgIpc) is 3.06. The van der Waals surface area contributed by atoms with Gasteiger partial charge in [0.15, 0.2) is 0 Å². The lowest BCUT2D eigenvalue weighted by atomic mass is 9.61. The number of pyridine rings is 1. The van der Waals surface area contributed by atoms with Crippen molar-refractivity contribution in [2.75, 3.05) is 18.0 Å². The van der Waals surface area contributed by atoms with E-state index >= 15 is 0 Å². The van der Waals surface area contributed by atoms with Crippen molar-refractivity contribution in [2.24, 2.45) is 17.8 Å². The molecule has 2 aromatic rings. The number of nitrogens with one attached hydrogen (secondary N) is 1. The number of carbonyl (C=O) groups is 2. The Balaban J connectivity index is 1.38. The summed E-state index contributed by atoms with van der Waals surface area (Å²) in [5.41, 5.74) is 1.82. The smallest absolute Gasteiger partial charge is 0.354 e. The van der Waals surface area contributed by atoms with Crippen LogP contribution in [0.4, 0.5) is 5.69 Å². The number of thiazole rings is 1. The minimum atomic E-state index is -1.02. The minimum absolute atomic E-state index is 0.0262. The molecule has 1 aliphatic carbocycles. The lowest BCUT2D eigenvalue weighted by Crippen LogP contribution is -2.55. The molecule has 3 heterocycles. The van der Waals surface area contributed by atoms with E-state index in [0.29, 0.717) is 18.4 Å². The fourth-order valence-corrected chi connectivity index (χ4v) is 4.76. The number of amides is 1. The Labute approximate surface area is 161 Å². The van der Waals surface area contributed by atoms with Gasteiger partial charge in [-0.1, -0.05) is 0 Å². The molecule has 4 rings (SSSR count). The highest BCUT2D eigenvalue weighted by Gasteiger charge is 2.47. The maximum absolute atomic E-state index is 12.6. The van der Waals surface area contributed by atoms with Gasteiger partial charge in [-0.15, -0.1) is 11.3 Å². The summed E-state index contributed by atoms with van der Waals surface area (Å²) in [6.07, 6.45) is 3.51. The average molecular weight is 386 g/mol. The van der Waals surface area contributed by atoms with E-state index in [9.17, 15) is 9.59 Å². The first-order valence-electron chi connectivity index (χ1n) is 9.14. The van der Waals surface area contributed by atoms with Gasteiger partial charge < -0.3 is 15.3 Å².